The molecule has 5 heteroatoms. The van der Waals surface area contributed by atoms with Gasteiger partial charge in [-0.15, -0.1) is 10.2 Å². The molecule has 3 rings (SSSR count). The van der Waals surface area contributed by atoms with Crippen molar-refractivity contribution in [3.8, 4) is 11.5 Å². The molecule has 2 aromatic rings. The number of nitrogens with zero attached hydrogens (tertiary/aromatic N) is 3. The highest BCUT2D eigenvalue weighted by Gasteiger charge is 2.24. The minimum Gasteiger partial charge on any atom is -0.419 e. The second-order valence-electron chi connectivity index (χ2n) is 3.99. The summed E-state index contributed by atoms with van der Waals surface area (Å²) < 4.78 is 19.0. The fourth-order valence-corrected chi connectivity index (χ4v) is 1.94. The van der Waals surface area contributed by atoms with Gasteiger partial charge in [-0.25, -0.2) is 9.71 Å². The first kappa shape index (κ1) is 10.4. The van der Waals surface area contributed by atoms with Crippen LogP contribution in [0.15, 0.2) is 28.7 Å². The molecule has 0 amide bonds. The van der Waals surface area contributed by atoms with E-state index in [2.05, 4.69) is 15.5 Å². The predicted molar refractivity (Wildman–Crippen MR) is 58.7 cm³/mol. The minimum absolute atomic E-state index is 0.0111. The van der Waals surface area contributed by atoms with E-state index in [-0.39, 0.29) is 17.7 Å². The van der Waals surface area contributed by atoms with Crippen LogP contribution < -0.4 is 5.32 Å². The first-order chi connectivity index (χ1) is 8.34. The molecule has 0 saturated carbocycles. The number of hydrogen-bond donors (Lipinski definition) is 0. The summed E-state index contributed by atoms with van der Waals surface area (Å²) in [5.74, 6) is 0.354. The number of rotatable bonds is 2. The van der Waals surface area contributed by atoms with Gasteiger partial charge in [-0.1, -0.05) is 12.1 Å². The first-order valence-electron chi connectivity index (χ1n) is 5.59. The molecule has 0 spiro atoms. The Labute approximate surface area is 97.9 Å². The van der Waals surface area contributed by atoms with Crippen molar-refractivity contribution in [2.45, 2.75) is 18.9 Å². The van der Waals surface area contributed by atoms with E-state index in [0.29, 0.717) is 11.5 Å². The van der Waals surface area contributed by atoms with Gasteiger partial charge >= 0.3 is 0 Å². The van der Waals surface area contributed by atoms with Crippen molar-refractivity contribution in [2.24, 2.45) is 0 Å². The number of aromatic nitrogens is 2. The minimum atomic E-state index is -0.355. The molecule has 4 nitrogen and oxygen atoms in total. The number of halogens is 1. The highest BCUT2D eigenvalue weighted by Crippen LogP contribution is 2.27. The zero-order valence-electron chi connectivity index (χ0n) is 9.14. The van der Waals surface area contributed by atoms with E-state index >= 15 is 0 Å². The largest absolute Gasteiger partial charge is 0.419 e. The average Bonchev–Trinajstić information content (AvgIpc) is 3.00. The fraction of sp³-hybridized carbons (Fsp3) is 0.333. The van der Waals surface area contributed by atoms with E-state index < -0.39 is 0 Å². The fourth-order valence-electron chi connectivity index (χ4n) is 1.94. The summed E-state index contributed by atoms with van der Waals surface area (Å²) in [7, 11) is 0. The third kappa shape index (κ3) is 1.93. The van der Waals surface area contributed by atoms with Gasteiger partial charge in [0.25, 0.3) is 5.89 Å². The van der Waals surface area contributed by atoms with Crippen LogP contribution in [0.3, 0.4) is 0 Å². The summed E-state index contributed by atoms with van der Waals surface area (Å²) in [6.07, 6.45) is 1.97. The molecule has 1 atom stereocenters. The van der Waals surface area contributed by atoms with Gasteiger partial charge in [0.2, 0.25) is 5.89 Å². The van der Waals surface area contributed by atoms with Gasteiger partial charge in [0, 0.05) is 6.54 Å². The van der Waals surface area contributed by atoms with Gasteiger partial charge in [0.05, 0.1) is 5.56 Å². The second-order valence-corrected chi connectivity index (χ2v) is 3.99. The molecule has 1 aromatic heterocycles. The maximum atomic E-state index is 13.5. The Morgan fingerprint density at radius 1 is 1.24 bits per heavy atom. The lowest BCUT2D eigenvalue weighted by molar-refractivity contribution is 0.432. The lowest BCUT2D eigenvalue weighted by Crippen LogP contribution is -2.05. The maximum Gasteiger partial charge on any atom is 0.250 e. The van der Waals surface area contributed by atoms with Crippen LogP contribution >= 0.6 is 0 Å². The zero-order valence-corrected chi connectivity index (χ0v) is 9.14. The Kier molecular flexibility index (Phi) is 2.60. The normalized spacial score (nSPS) is 19.7. The summed E-state index contributed by atoms with van der Waals surface area (Å²) in [6, 6.07) is 6.35. The van der Waals surface area contributed by atoms with Crippen LogP contribution in [0.1, 0.15) is 24.8 Å². The third-order valence-corrected chi connectivity index (χ3v) is 2.82. The Hall–Kier alpha value is -1.75. The van der Waals surface area contributed by atoms with Crippen molar-refractivity contribution in [1.82, 2.24) is 15.5 Å². The number of hydrogen-bond acceptors (Lipinski definition) is 3. The molecular formula is C12H11FN3O. The van der Waals surface area contributed by atoms with Crippen LogP contribution in [-0.2, 0) is 0 Å². The molecule has 1 radical (unpaired) electrons. The SMILES string of the molecule is Fc1ccccc1-c1nnc(C2CCC[N]2)o1. The van der Waals surface area contributed by atoms with Crippen molar-refractivity contribution in [3.05, 3.63) is 36.0 Å². The van der Waals surface area contributed by atoms with E-state index in [1.54, 1.807) is 18.2 Å². The molecule has 0 bridgehead atoms. The molecule has 2 heterocycles. The Balaban J connectivity index is 1.92. The molecule has 0 N–H and O–H groups in total. The first-order valence-corrected chi connectivity index (χ1v) is 5.59. The van der Waals surface area contributed by atoms with Crippen LogP contribution in [0.25, 0.3) is 11.5 Å². The number of benzene rings is 1. The lowest BCUT2D eigenvalue weighted by Gasteiger charge is -2.00. The van der Waals surface area contributed by atoms with Crippen molar-refractivity contribution < 1.29 is 8.81 Å². The Morgan fingerprint density at radius 3 is 2.88 bits per heavy atom. The van der Waals surface area contributed by atoms with Crippen molar-refractivity contribution >= 4 is 0 Å². The highest BCUT2D eigenvalue weighted by atomic mass is 19.1. The molecule has 17 heavy (non-hydrogen) atoms. The summed E-state index contributed by atoms with van der Waals surface area (Å²) in [4.78, 5) is 0. The molecule has 1 aromatic carbocycles. The van der Waals surface area contributed by atoms with Gasteiger partial charge in [-0.2, -0.15) is 0 Å². The molecule has 1 aliphatic rings. The zero-order chi connectivity index (χ0) is 11.7. The summed E-state index contributed by atoms with van der Waals surface area (Å²) in [5, 5.41) is 12.2. The van der Waals surface area contributed by atoms with Crippen LogP contribution in [0.2, 0.25) is 0 Å². The monoisotopic (exact) mass is 232 g/mol. The predicted octanol–water partition coefficient (Wildman–Crippen LogP) is 2.32. The van der Waals surface area contributed by atoms with Crippen LogP contribution in [0.5, 0.6) is 0 Å². The maximum absolute atomic E-state index is 13.5. The van der Waals surface area contributed by atoms with Gasteiger partial charge in [-0.05, 0) is 25.0 Å². The van der Waals surface area contributed by atoms with Crippen LogP contribution in [0.4, 0.5) is 4.39 Å². The van der Waals surface area contributed by atoms with Crippen LogP contribution in [0, 0.1) is 5.82 Å². The molecule has 0 aliphatic carbocycles. The van der Waals surface area contributed by atoms with Gasteiger partial charge < -0.3 is 4.42 Å². The van der Waals surface area contributed by atoms with Gasteiger partial charge in [0.1, 0.15) is 11.9 Å². The standard InChI is InChI=1S/C12H11FN3O/c13-9-5-2-1-4-8(9)11-15-16-12(17-11)10-6-3-7-14-10/h1-2,4-5,10H,3,6-7H2. The summed E-state index contributed by atoms with van der Waals surface area (Å²) in [6.45, 7) is 0.835. The van der Waals surface area contributed by atoms with E-state index in [4.69, 9.17) is 4.42 Å². The van der Waals surface area contributed by atoms with Crippen LogP contribution in [-0.4, -0.2) is 16.7 Å². The Morgan fingerprint density at radius 2 is 2.12 bits per heavy atom. The molecule has 1 saturated heterocycles. The molecule has 1 unspecified atom stereocenters. The van der Waals surface area contributed by atoms with Gasteiger partial charge in [-0.3, -0.25) is 0 Å². The second kappa shape index (κ2) is 4.25. The van der Waals surface area contributed by atoms with E-state index in [1.807, 2.05) is 0 Å². The van der Waals surface area contributed by atoms with Crippen molar-refractivity contribution in [2.75, 3.05) is 6.54 Å². The molecule has 1 fully saturated rings. The highest BCUT2D eigenvalue weighted by molar-refractivity contribution is 5.53. The summed E-state index contributed by atoms with van der Waals surface area (Å²) >= 11 is 0. The van der Waals surface area contributed by atoms with E-state index in [9.17, 15) is 4.39 Å². The van der Waals surface area contributed by atoms with Crippen molar-refractivity contribution in [1.29, 1.82) is 0 Å². The third-order valence-electron chi connectivity index (χ3n) is 2.82. The van der Waals surface area contributed by atoms with E-state index in [1.165, 1.54) is 6.07 Å². The van der Waals surface area contributed by atoms with Crippen molar-refractivity contribution in [3.63, 3.8) is 0 Å². The average molecular weight is 232 g/mol. The van der Waals surface area contributed by atoms with Gasteiger partial charge in [0.15, 0.2) is 0 Å². The molecule has 1 aliphatic heterocycles. The lowest BCUT2D eigenvalue weighted by atomic mass is 10.2. The Bertz CT molecular complexity index is 520. The smallest absolute Gasteiger partial charge is 0.250 e. The topological polar surface area (TPSA) is 53.0 Å². The summed E-state index contributed by atoms with van der Waals surface area (Å²) in [5.41, 5.74) is 0.337. The molecular weight excluding hydrogens is 221 g/mol. The molecule has 87 valence electrons. The quantitative estimate of drug-likeness (QED) is 0.798. The van der Waals surface area contributed by atoms with E-state index in [0.717, 1.165) is 19.4 Å².